The van der Waals surface area contributed by atoms with Gasteiger partial charge in [0.05, 0.1) is 25.0 Å². The van der Waals surface area contributed by atoms with E-state index in [4.69, 9.17) is 10.5 Å². The second-order valence-electron chi connectivity index (χ2n) is 3.85. The molecule has 2 aromatic rings. The lowest BCUT2D eigenvalue weighted by atomic mass is 10.1. The number of amides is 1. The minimum Gasteiger partial charge on any atom is -0.495 e. The Balaban J connectivity index is 2.02. The summed E-state index contributed by atoms with van der Waals surface area (Å²) in [5.41, 5.74) is 7.34. The number of rotatable bonds is 4. The topological polar surface area (TPSA) is 90.1 Å². The molecule has 1 amide bonds. The van der Waals surface area contributed by atoms with Crippen LogP contribution in [-0.2, 0) is 6.54 Å². The molecule has 6 heteroatoms. The zero-order valence-corrected chi connectivity index (χ0v) is 10.5. The third-order valence-electron chi connectivity index (χ3n) is 2.55. The minimum absolute atomic E-state index is 0.222. The number of nitrogens with two attached hydrogens (primary N) is 1. The molecular formula is C13H14N4O2. The fourth-order valence-corrected chi connectivity index (χ4v) is 1.58. The number of hydrogen-bond acceptors (Lipinski definition) is 5. The number of aromatic nitrogens is 2. The Kier molecular flexibility index (Phi) is 3.92. The van der Waals surface area contributed by atoms with E-state index >= 15 is 0 Å². The number of hydrogen-bond donors (Lipinski definition) is 2. The number of benzene rings is 1. The molecule has 0 spiro atoms. The summed E-state index contributed by atoms with van der Waals surface area (Å²) in [6, 6.07) is 8.44. The molecule has 0 saturated heterocycles. The Morgan fingerprint density at radius 2 is 2.26 bits per heavy atom. The van der Waals surface area contributed by atoms with Crippen molar-refractivity contribution >= 4 is 11.6 Å². The van der Waals surface area contributed by atoms with Crippen LogP contribution >= 0.6 is 0 Å². The maximum Gasteiger partial charge on any atom is 0.251 e. The van der Waals surface area contributed by atoms with E-state index in [1.807, 2.05) is 0 Å². The van der Waals surface area contributed by atoms with Crippen molar-refractivity contribution in [1.29, 1.82) is 0 Å². The van der Waals surface area contributed by atoms with E-state index in [1.165, 1.54) is 7.11 Å². The molecule has 1 heterocycles. The molecular weight excluding hydrogens is 244 g/mol. The standard InChI is InChI=1S/C13H14N4O2/c1-19-12-5-4-9(7-11(12)14)13(18)15-8-10-3-2-6-16-17-10/h2-7H,8,14H2,1H3,(H,15,18). The van der Waals surface area contributed by atoms with Crippen molar-refractivity contribution in [2.24, 2.45) is 0 Å². The van der Waals surface area contributed by atoms with E-state index in [1.54, 1.807) is 36.5 Å². The zero-order valence-electron chi connectivity index (χ0n) is 10.5. The molecule has 0 radical (unpaired) electrons. The second kappa shape index (κ2) is 5.81. The highest BCUT2D eigenvalue weighted by Crippen LogP contribution is 2.21. The van der Waals surface area contributed by atoms with E-state index in [0.717, 1.165) is 0 Å². The largest absolute Gasteiger partial charge is 0.495 e. The van der Waals surface area contributed by atoms with Crippen molar-refractivity contribution in [3.8, 4) is 5.75 Å². The molecule has 1 aromatic heterocycles. The zero-order chi connectivity index (χ0) is 13.7. The molecule has 6 nitrogen and oxygen atoms in total. The average Bonchev–Trinajstić information content (AvgIpc) is 2.45. The van der Waals surface area contributed by atoms with Crippen LogP contribution in [0, 0.1) is 0 Å². The first-order chi connectivity index (χ1) is 9.20. The summed E-state index contributed by atoms with van der Waals surface area (Å²) < 4.78 is 5.03. The molecule has 0 aliphatic heterocycles. The van der Waals surface area contributed by atoms with Gasteiger partial charge in [0.25, 0.3) is 5.91 Å². The summed E-state index contributed by atoms with van der Waals surface area (Å²) in [6.07, 6.45) is 1.58. The maximum atomic E-state index is 11.9. The predicted octanol–water partition coefficient (Wildman–Crippen LogP) is 0.997. The van der Waals surface area contributed by atoms with Crippen molar-refractivity contribution in [3.05, 3.63) is 47.8 Å². The van der Waals surface area contributed by atoms with Crippen LogP contribution in [0.25, 0.3) is 0 Å². The number of ether oxygens (including phenoxy) is 1. The van der Waals surface area contributed by atoms with Crippen molar-refractivity contribution in [3.63, 3.8) is 0 Å². The van der Waals surface area contributed by atoms with Crippen LogP contribution in [0.2, 0.25) is 0 Å². The summed E-state index contributed by atoms with van der Waals surface area (Å²) in [7, 11) is 1.53. The smallest absolute Gasteiger partial charge is 0.251 e. The summed E-state index contributed by atoms with van der Waals surface area (Å²) in [5, 5.41) is 10.4. The Labute approximate surface area is 110 Å². The molecule has 0 saturated carbocycles. The number of nitrogens with zero attached hydrogens (tertiary/aromatic N) is 2. The van der Waals surface area contributed by atoms with Crippen molar-refractivity contribution in [2.75, 3.05) is 12.8 Å². The Morgan fingerprint density at radius 3 is 2.89 bits per heavy atom. The quantitative estimate of drug-likeness (QED) is 0.798. The fraction of sp³-hybridized carbons (Fsp3) is 0.154. The highest BCUT2D eigenvalue weighted by atomic mass is 16.5. The number of nitrogen functional groups attached to an aromatic ring is 1. The van der Waals surface area contributed by atoms with Gasteiger partial charge in [0.2, 0.25) is 0 Å². The van der Waals surface area contributed by atoms with Gasteiger partial charge in [0.1, 0.15) is 5.75 Å². The van der Waals surface area contributed by atoms with Gasteiger partial charge in [-0.25, -0.2) is 0 Å². The van der Waals surface area contributed by atoms with Crippen molar-refractivity contribution < 1.29 is 9.53 Å². The van der Waals surface area contributed by atoms with Crippen LogP contribution in [-0.4, -0.2) is 23.2 Å². The molecule has 98 valence electrons. The van der Waals surface area contributed by atoms with Crippen LogP contribution in [0.3, 0.4) is 0 Å². The second-order valence-corrected chi connectivity index (χ2v) is 3.85. The predicted molar refractivity (Wildman–Crippen MR) is 70.6 cm³/mol. The first-order valence-electron chi connectivity index (χ1n) is 5.69. The highest BCUT2D eigenvalue weighted by Gasteiger charge is 2.08. The Bertz CT molecular complexity index is 572. The average molecular weight is 258 g/mol. The lowest BCUT2D eigenvalue weighted by Crippen LogP contribution is -2.23. The molecule has 0 bridgehead atoms. The van der Waals surface area contributed by atoms with E-state index < -0.39 is 0 Å². The molecule has 0 aliphatic rings. The van der Waals surface area contributed by atoms with Gasteiger partial charge in [0, 0.05) is 11.8 Å². The maximum absolute atomic E-state index is 11.9. The SMILES string of the molecule is COc1ccc(C(=O)NCc2cccnn2)cc1N. The minimum atomic E-state index is -0.222. The van der Waals surface area contributed by atoms with Crippen LogP contribution in [0.4, 0.5) is 5.69 Å². The van der Waals surface area contributed by atoms with Crippen molar-refractivity contribution in [2.45, 2.75) is 6.54 Å². The van der Waals surface area contributed by atoms with Gasteiger partial charge in [0.15, 0.2) is 0 Å². The van der Waals surface area contributed by atoms with Gasteiger partial charge in [-0.15, -0.1) is 0 Å². The van der Waals surface area contributed by atoms with E-state index in [2.05, 4.69) is 15.5 Å². The van der Waals surface area contributed by atoms with Gasteiger partial charge < -0.3 is 15.8 Å². The molecule has 19 heavy (non-hydrogen) atoms. The van der Waals surface area contributed by atoms with Gasteiger partial charge in [-0.2, -0.15) is 10.2 Å². The number of methoxy groups -OCH3 is 1. The first-order valence-corrected chi connectivity index (χ1v) is 5.69. The van der Waals surface area contributed by atoms with Crippen LogP contribution < -0.4 is 15.8 Å². The molecule has 0 fully saturated rings. The third-order valence-corrected chi connectivity index (χ3v) is 2.55. The first kappa shape index (κ1) is 12.8. The molecule has 3 N–H and O–H groups in total. The van der Waals surface area contributed by atoms with Gasteiger partial charge in [-0.3, -0.25) is 4.79 Å². The van der Waals surface area contributed by atoms with E-state index in [0.29, 0.717) is 29.2 Å². The fourth-order valence-electron chi connectivity index (χ4n) is 1.58. The Hall–Kier alpha value is -2.63. The lowest BCUT2D eigenvalue weighted by Gasteiger charge is -2.07. The van der Waals surface area contributed by atoms with Crippen LogP contribution in [0.15, 0.2) is 36.5 Å². The molecule has 0 aliphatic carbocycles. The molecule has 0 unspecified atom stereocenters. The summed E-state index contributed by atoms with van der Waals surface area (Å²) in [6.45, 7) is 0.318. The third kappa shape index (κ3) is 3.19. The van der Waals surface area contributed by atoms with Gasteiger partial charge >= 0.3 is 0 Å². The number of carbonyl (C=O) groups is 1. The van der Waals surface area contributed by atoms with Crippen LogP contribution in [0.1, 0.15) is 16.1 Å². The lowest BCUT2D eigenvalue weighted by molar-refractivity contribution is 0.0950. The van der Waals surface area contributed by atoms with E-state index in [-0.39, 0.29) is 5.91 Å². The normalized spacial score (nSPS) is 9.95. The highest BCUT2D eigenvalue weighted by molar-refractivity contribution is 5.95. The molecule has 1 aromatic carbocycles. The number of anilines is 1. The van der Waals surface area contributed by atoms with E-state index in [9.17, 15) is 4.79 Å². The van der Waals surface area contributed by atoms with Crippen molar-refractivity contribution in [1.82, 2.24) is 15.5 Å². The monoisotopic (exact) mass is 258 g/mol. The number of nitrogens with one attached hydrogen (secondary N) is 1. The Morgan fingerprint density at radius 1 is 1.42 bits per heavy atom. The number of carbonyl (C=O) groups excluding carboxylic acids is 1. The summed E-state index contributed by atoms with van der Waals surface area (Å²) in [4.78, 5) is 11.9. The molecule has 2 rings (SSSR count). The van der Waals surface area contributed by atoms with Crippen LogP contribution in [0.5, 0.6) is 5.75 Å². The summed E-state index contributed by atoms with van der Waals surface area (Å²) in [5.74, 6) is 0.325. The van der Waals surface area contributed by atoms with Gasteiger partial charge in [-0.1, -0.05) is 0 Å². The van der Waals surface area contributed by atoms with Gasteiger partial charge in [-0.05, 0) is 30.3 Å². The molecule has 0 atom stereocenters. The summed E-state index contributed by atoms with van der Waals surface area (Å²) >= 11 is 0.